The lowest BCUT2D eigenvalue weighted by Gasteiger charge is -2.33. The fourth-order valence-corrected chi connectivity index (χ4v) is 5.18. The summed E-state index contributed by atoms with van der Waals surface area (Å²) in [5.41, 5.74) is 2.72. The van der Waals surface area contributed by atoms with Crippen molar-refractivity contribution in [2.24, 2.45) is 17.3 Å². The number of carbonyl (C=O) groups is 1. The summed E-state index contributed by atoms with van der Waals surface area (Å²) >= 11 is 1.65. The van der Waals surface area contributed by atoms with E-state index in [1.165, 1.54) is 5.57 Å². The van der Waals surface area contributed by atoms with Crippen molar-refractivity contribution >= 4 is 23.2 Å². The quantitative estimate of drug-likeness (QED) is 0.494. The van der Waals surface area contributed by atoms with Gasteiger partial charge >= 0.3 is 0 Å². The summed E-state index contributed by atoms with van der Waals surface area (Å²) in [6.45, 7) is 14.7. The van der Waals surface area contributed by atoms with Gasteiger partial charge in [0.1, 0.15) is 5.78 Å². The van der Waals surface area contributed by atoms with Gasteiger partial charge in [-0.15, -0.1) is 11.3 Å². The van der Waals surface area contributed by atoms with E-state index >= 15 is 0 Å². The number of aliphatic hydroxyl groups is 1. The predicted octanol–water partition coefficient (Wildman–Crippen LogP) is 6.77. The molecular formula is C27H43NO3S. The third kappa shape index (κ3) is 7.93. The molecule has 4 atom stereocenters. The fraction of sp³-hybridized carbons (Fsp3) is 0.704. The van der Waals surface area contributed by atoms with Gasteiger partial charge in [-0.1, -0.05) is 45.8 Å². The second-order valence-electron chi connectivity index (χ2n) is 10.3. The summed E-state index contributed by atoms with van der Waals surface area (Å²) in [6, 6.07) is 0. The van der Waals surface area contributed by atoms with E-state index < -0.39 is 11.5 Å². The number of ketones is 1. The van der Waals surface area contributed by atoms with Crippen LogP contribution in [0.4, 0.5) is 0 Å². The van der Waals surface area contributed by atoms with Gasteiger partial charge in [0, 0.05) is 23.3 Å². The van der Waals surface area contributed by atoms with E-state index in [-0.39, 0.29) is 17.8 Å². The van der Waals surface area contributed by atoms with Crippen molar-refractivity contribution in [1.29, 1.82) is 0 Å². The van der Waals surface area contributed by atoms with Crippen molar-refractivity contribution < 1.29 is 14.6 Å². The smallest absolute Gasteiger partial charge is 0.143 e. The zero-order valence-corrected chi connectivity index (χ0v) is 21.9. The monoisotopic (exact) mass is 461 g/mol. The van der Waals surface area contributed by atoms with Crippen molar-refractivity contribution in [3.63, 3.8) is 0 Å². The van der Waals surface area contributed by atoms with Gasteiger partial charge in [-0.2, -0.15) is 0 Å². The molecule has 1 aromatic heterocycles. The maximum Gasteiger partial charge on any atom is 0.143 e. The minimum absolute atomic E-state index is 0.0420. The number of Topliss-reactive ketones (excluding diaryl/α,β-unsaturated/α-hetero) is 1. The second-order valence-corrected chi connectivity index (χ2v) is 11.4. The zero-order chi connectivity index (χ0) is 23.9. The average Bonchev–Trinajstić information content (AvgIpc) is 3.13. The van der Waals surface area contributed by atoms with Crippen molar-refractivity contribution in [3.05, 3.63) is 33.3 Å². The molecule has 1 aliphatic heterocycles. The Kier molecular flexibility index (Phi) is 10.3. The van der Waals surface area contributed by atoms with Crippen molar-refractivity contribution in [2.45, 2.75) is 99.2 Å². The Morgan fingerprint density at radius 1 is 1.28 bits per heavy atom. The van der Waals surface area contributed by atoms with Gasteiger partial charge < -0.3 is 9.84 Å². The van der Waals surface area contributed by atoms with Crippen LogP contribution in [0, 0.1) is 24.2 Å². The number of allylic oxidation sites excluding steroid dienone is 1. The Labute approximate surface area is 199 Å². The summed E-state index contributed by atoms with van der Waals surface area (Å²) in [7, 11) is 0. The van der Waals surface area contributed by atoms with Crippen LogP contribution >= 0.6 is 11.3 Å². The molecule has 0 bridgehead atoms. The van der Waals surface area contributed by atoms with E-state index in [1.807, 2.05) is 27.7 Å². The third-order valence-electron chi connectivity index (χ3n) is 6.85. The first-order chi connectivity index (χ1) is 15.0. The van der Waals surface area contributed by atoms with Gasteiger partial charge in [0.2, 0.25) is 0 Å². The lowest BCUT2D eigenvalue weighted by molar-refractivity contribution is -0.138. The number of aromatic nitrogens is 1. The van der Waals surface area contributed by atoms with Crippen LogP contribution in [0.3, 0.4) is 0 Å². The van der Waals surface area contributed by atoms with Gasteiger partial charge in [-0.05, 0) is 70.4 Å². The Bertz CT molecular complexity index is 808. The van der Waals surface area contributed by atoms with Crippen LogP contribution in [0.25, 0.3) is 6.08 Å². The number of aryl methyl sites for hydroxylation is 1. The molecule has 180 valence electrons. The number of carbonyl (C=O) groups excluding carboxylic acids is 1. The predicted molar refractivity (Wildman–Crippen MR) is 135 cm³/mol. The summed E-state index contributed by atoms with van der Waals surface area (Å²) in [5, 5.41) is 14.0. The molecule has 5 heteroatoms. The number of rotatable bonds is 2. The number of ether oxygens (including phenoxy) is 1. The van der Waals surface area contributed by atoms with Crippen LogP contribution < -0.4 is 0 Å². The highest BCUT2D eigenvalue weighted by molar-refractivity contribution is 7.09. The molecule has 1 unspecified atom stereocenters. The highest BCUT2D eigenvalue weighted by Gasteiger charge is 2.38. The number of nitrogens with zero attached hydrogens (tertiary/aromatic N) is 1. The molecule has 0 saturated carbocycles. The topological polar surface area (TPSA) is 59.4 Å². The minimum Gasteiger partial charge on any atom is -0.392 e. The highest BCUT2D eigenvalue weighted by Crippen LogP contribution is 2.32. The lowest BCUT2D eigenvalue weighted by Crippen LogP contribution is -2.41. The molecule has 0 aromatic carbocycles. The van der Waals surface area contributed by atoms with Crippen LogP contribution in [-0.4, -0.2) is 34.7 Å². The molecular weight excluding hydrogens is 418 g/mol. The van der Waals surface area contributed by atoms with E-state index in [4.69, 9.17) is 4.74 Å². The van der Waals surface area contributed by atoms with Crippen LogP contribution in [-0.2, 0) is 9.53 Å². The molecule has 0 aliphatic carbocycles. The van der Waals surface area contributed by atoms with Crippen molar-refractivity contribution in [2.75, 3.05) is 6.61 Å². The van der Waals surface area contributed by atoms with E-state index in [0.717, 1.165) is 48.4 Å². The first-order valence-electron chi connectivity index (χ1n) is 12.1. The molecule has 2 heterocycles. The third-order valence-corrected chi connectivity index (χ3v) is 7.64. The number of thiazole rings is 1. The number of aliphatic hydroxyl groups excluding tert-OH is 1. The van der Waals surface area contributed by atoms with Gasteiger partial charge in [0.25, 0.3) is 0 Å². The number of hydrogen-bond acceptors (Lipinski definition) is 5. The first-order valence-corrected chi connectivity index (χ1v) is 13.0. The Hall–Kier alpha value is -1.30. The van der Waals surface area contributed by atoms with Gasteiger partial charge in [-0.25, -0.2) is 4.98 Å². The Morgan fingerprint density at radius 3 is 2.66 bits per heavy atom. The molecule has 0 saturated heterocycles. The number of hydrogen-bond donors (Lipinski definition) is 1. The SMILES string of the molecule is C/C1=C/CC(/C(C)=C/c2csc(C)n2)OCC[C@H](O)C(C)(C)C(=O)[C@H](C)C[C@@H](C)CCC1. The molecule has 1 aliphatic rings. The van der Waals surface area contributed by atoms with Crippen LogP contribution in [0.5, 0.6) is 0 Å². The fourth-order valence-electron chi connectivity index (χ4n) is 4.61. The summed E-state index contributed by atoms with van der Waals surface area (Å²) in [6.07, 6.45) is 9.09. The maximum absolute atomic E-state index is 13.1. The molecule has 4 nitrogen and oxygen atoms in total. The molecule has 2 rings (SSSR count). The van der Waals surface area contributed by atoms with Crippen molar-refractivity contribution in [3.8, 4) is 0 Å². The minimum atomic E-state index is -0.769. The standard InChI is InChI=1S/C27H43NO3S/c1-18-9-8-10-19(2)15-21(4)26(30)27(6,7)25(29)13-14-31-24(12-11-18)20(3)16-23-17-32-22(5)28-23/h11,16-17,19,21,24-25,29H,8-10,12-15H2,1-7H3/b18-11-,20-16+/t19-,21+,24?,25-/m0/s1. The normalized spacial score (nSPS) is 31.2. The molecule has 0 amide bonds. The van der Waals surface area contributed by atoms with Crippen LogP contribution in [0.1, 0.15) is 90.8 Å². The molecule has 32 heavy (non-hydrogen) atoms. The zero-order valence-electron chi connectivity index (χ0n) is 21.1. The molecule has 0 radical (unpaired) electrons. The highest BCUT2D eigenvalue weighted by atomic mass is 32.1. The Balaban J connectivity index is 2.21. The maximum atomic E-state index is 13.1. The van der Waals surface area contributed by atoms with E-state index in [9.17, 15) is 9.90 Å². The largest absolute Gasteiger partial charge is 0.392 e. The Morgan fingerprint density at radius 2 is 2.00 bits per heavy atom. The van der Waals surface area contributed by atoms with Crippen LogP contribution in [0.2, 0.25) is 0 Å². The van der Waals surface area contributed by atoms with Gasteiger partial charge in [-0.3, -0.25) is 4.79 Å². The van der Waals surface area contributed by atoms with Gasteiger partial charge in [0.15, 0.2) is 0 Å². The summed E-state index contributed by atoms with van der Waals surface area (Å²) < 4.78 is 6.27. The van der Waals surface area contributed by atoms with E-state index in [2.05, 4.69) is 43.3 Å². The van der Waals surface area contributed by atoms with E-state index in [0.29, 0.717) is 18.9 Å². The van der Waals surface area contributed by atoms with Crippen molar-refractivity contribution in [1.82, 2.24) is 4.98 Å². The molecule has 0 fully saturated rings. The second kappa shape index (κ2) is 12.2. The first kappa shape index (κ1) is 26.9. The summed E-state index contributed by atoms with van der Waals surface area (Å²) in [4.78, 5) is 17.7. The lowest BCUT2D eigenvalue weighted by atomic mass is 9.74. The van der Waals surface area contributed by atoms with Crippen LogP contribution in [0.15, 0.2) is 22.6 Å². The molecule has 0 spiro atoms. The average molecular weight is 462 g/mol. The summed E-state index contributed by atoms with van der Waals surface area (Å²) in [5.74, 6) is 0.622. The molecule has 1 aromatic rings. The van der Waals surface area contributed by atoms with E-state index in [1.54, 1.807) is 11.3 Å². The van der Waals surface area contributed by atoms with Gasteiger partial charge in [0.05, 0.1) is 22.9 Å². The molecule has 1 N–H and O–H groups in total.